The maximum Gasteiger partial charge on any atom is 0.314 e. The van der Waals surface area contributed by atoms with Crippen LogP contribution in [-0.4, -0.2) is 30.8 Å². The maximum atomic E-state index is 11.9. The first-order valence-electron chi connectivity index (χ1n) is 8.18. The summed E-state index contributed by atoms with van der Waals surface area (Å²) in [6.07, 6.45) is 0.185. The van der Waals surface area contributed by atoms with Crippen LogP contribution in [0.25, 0.3) is 0 Å². The number of nitrogens with one attached hydrogen (secondary N) is 2. The third-order valence-electron chi connectivity index (χ3n) is 4.15. The fraction of sp³-hybridized carbons (Fsp3) is 0.316. The quantitative estimate of drug-likeness (QED) is 0.789. The number of hydrogen-bond donors (Lipinski definition) is 3. The Morgan fingerprint density at radius 2 is 1.88 bits per heavy atom. The molecule has 2 aromatic carbocycles. The molecule has 2 atom stereocenters. The number of aliphatic hydroxyl groups excluding tert-OH is 1. The highest BCUT2D eigenvalue weighted by molar-refractivity contribution is 5.73. The van der Waals surface area contributed by atoms with Crippen LogP contribution in [-0.2, 0) is 6.42 Å². The Bertz CT molecular complexity index is 675. The highest BCUT2D eigenvalue weighted by Crippen LogP contribution is 2.26. The lowest BCUT2D eigenvalue weighted by Gasteiger charge is -2.25. The first-order valence-corrected chi connectivity index (χ1v) is 8.18. The number of aliphatic hydroxyl groups is 1. The molecular formula is C19H22N2O3. The van der Waals surface area contributed by atoms with E-state index in [0.717, 1.165) is 17.7 Å². The Labute approximate surface area is 141 Å². The van der Waals surface area contributed by atoms with Gasteiger partial charge in [-0.1, -0.05) is 48.5 Å². The molecule has 2 aromatic rings. The van der Waals surface area contributed by atoms with Gasteiger partial charge >= 0.3 is 6.03 Å². The lowest BCUT2D eigenvalue weighted by atomic mass is 9.97. The molecule has 126 valence electrons. The molecule has 5 heteroatoms. The van der Waals surface area contributed by atoms with E-state index in [0.29, 0.717) is 13.2 Å². The molecule has 0 spiro atoms. The Hall–Kier alpha value is -2.53. The molecule has 0 saturated carbocycles. The summed E-state index contributed by atoms with van der Waals surface area (Å²) in [5, 5.41) is 15.6. The summed E-state index contributed by atoms with van der Waals surface area (Å²) in [5.41, 5.74) is 1.96. The molecule has 1 aliphatic heterocycles. The smallest absolute Gasteiger partial charge is 0.314 e. The van der Waals surface area contributed by atoms with Crippen LogP contribution in [0.3, 0.4) is 0 Å². The van der Waals surface area contributed by atoms with Crippen LogP contribution >= 0.6 is 0 Å². The topological polar surface area (TPSA) is 70.6 Å². The molecule has 0 radical (unpaired) electrons. The highest BCUT2D eigenvalue weighted by atomic mass is 16.5. The van der Waals surface area contributed by atoms with E-state index >= 15 is 0 Å². The fourth-order valence-corrected chi connectivity index (χ4v) is 2.80. The zero-order valence-electron chi connectivity index (χ0n) is 13.4. The number of benzene rings is 2. The van der Waals surface area contributed by atoms with Crippen molar-refractivity contribution >= 4 is 6.03 Å². The second kappa shape index (κ2) is 7.84. The van der Waals surface area contributed by atoms with Crippen molar-refractivity contribution in [2.45, 2.75) is 12.5 Å². The molecule has 0 aromatic heterocycles. The van der Waals surface area contributed by atoms with Gasteiger partial charge in [0.1, 0.15) is 5.75 Å². The molecule has 2 amide bonds. The van der Waals surface area contributed by atoms with Crippen molar-refractivity contribution in [2.75, 3.05) is 19.7 Å². The number of para-hydroxylation sites is 1. The Balaban J connectivity index is 1.40. The second-order valence-electron chi connectivity index (χ2n) is 6.01. The van der Waals surface area contributed by atoms with Gasteiger partial charge in [0, 0.05) is 19.0 Å². The van der Waals surface area contributed by atoms with Crippen molar-refractivity contribution < 1.29 is 14.6 Å². The fourth-order valence-electron chi connectivity index (χ4n) is 2.80. The van der Waals surface area contributed by atoms with Gasteiger partial charge in [0.15, 0.2) is 0 Å². The highest BCUT2D eigenvalue weighted by Gasteiger charge is 2.20. The molecule has 0 unspecified atom stereocenters. The van der Waals surface area contributed by atoms with Gasteiger partial charge in [-0.05, 0) is 23.6 Å². The summed E-state index contributed by atoms with van der Waals surface area (Å²) in [4.78, 5) is 11.9. The number of hydrogen-bond acceptors (Lipinski definition) is 3. The minimum Gasteiger partial charge on any atom is -0.493 e. The van der Waals surface area contributed by atoms with Crippen molar-refractivity contribution in [3.05, 3.63) is 65.7 Å². The van der Waals surface area contributed by atoms with Crippen LogP contribution in [0.2, 0.25) is 0 Å². The summed E-state index contributed by atoms with van der Waals surface area (Å²) < 4.78 is 5.71. The van der Waals surface area contributed by atoms with E-state index in [-0.39, 0.29) is 18.5 Å². The van der Waals surface area contributed by atoms with E-state index in [9.17, 15) is 9.90 Å². The van der Waals surface area contributed by atoms with Gasteiger partial charge < -0.3 is 20.5 Å². The SMILES string of the molecule is O=C(NC[C@@H]1COc2ccccc2C1)NC[C@@H](O)c1ccccc1. The molecule has 0 aliphatic carbocycles. The van der Waals surface area contributed by atoms with E-state index in [2.05, 4.69) is 16.7 Å². The van der Waals surface area contributed by atoms with Crippen molar-refractivity contribution in [1.29, 1.82) is 0 Å². The zero-order valence-corrected chi connectivity index (χ0v) is 13.4. The van der Waals surface area contributed by atoms with Crippen molar-refractivity contribution in [1.82, 2.24) is 10.6 Å². The normalized spacial score (nSPS) is 17.3. The Morgan fingerprint density at radius 3 is 2.71 bits per heavy atom. The molecule has 0 saturated heterocycles. The van der Waals surface area contributed by atoms with Gasteiger partial charge in [-0.3, -0.25) is 0 Å². The van der Waals surface area contributed by atoms with Crippen molar-refractivity contribution in [2.24, 2.45) is 5.92 Å². The van der Waals surface area contributed by atoms with Gasteiger partial charge in [-0.2, -0.15) is 0 Å². The van der Waals surface area contributed by atoms with Crippen LogP contribution in [0, 0.1) is 5.92 Å². The van der Waals surface area contributed by atoms with E-state index < -0.39 is 6.10 Å². The largest absolute Gasteiger partial charge is 0.493 e. The number of carbonyl (C=O) groups excluding carboxylic acids is 1. The number of carbonyl (C=O) groups is 1. The first-order chi connectivity index (χ1) is 11.7. The van der Waals surface area contributed by atoms with Crippen molar-refractivity contribution in [3.8, 4) is 5.75 Å². The van der Waals surface area contributed by atoms with Gasteiger partial charge in [0.2, 0.25) is 0 Å². The van der Waals surface area contributed by atoms with Crippen molar-refractivity contribution in [3.63, 3.8) is 0 Å². The number of amides is 2. The van der Waals surface area contributed by atoms with Gasteiger partial charge in [-0.15, -0.1) is 0 Å². The molecule has 1 aliphatic rings. The summed E-state index contributed by atoms with van der Waals surface area (Å²) in [7, 11) is 0. The molecule has 3 N–H and O–H groups in total. The third kappa shape index (κ3) is 4.26. The minimum atomic E-state index is -0.707. The zero-order chi connectivity index (χ0) is 16.8. The van der Waals surface area contributed by atoms with E-state index in [4.69, 9.17) is 4.74 Å². The average molecular weight is 326 g/mol. The monoisotopic (exact) mass is 326 g/mol. The second-order valence-corrected chi connectivity index (χ2v) is 6.01. The lowest BCUT2D eigenvalue weighted by Crippen LogP contribution is -2.42. The summed E-state index contributed by atoms with van der Waals surface area (Å²) in [5.74, 6) is 1.19. The summed E-state index contributed by atoms with van der Waals surface area (Å²) in [6, 6.07) is 17.0. The third-order valence-corrected chi connectivity index (χ3v) is 4.15. The summed E-state index contributed by atoms with van der Waals surface area (Å²) >= 11 is 0. The molecule has 3 rings (SSSR count). The number of rotatable bonds is 5. The minimum absolute atomic E-state index is 0.180. The molecule has 5 nitrogen and oxygen atoms in total. The van der Waals surface area contributed by atoms with E-state index in [1.165, 1.54) is 5.56 Å². The van der Waals surface area contributed by atoms with Crippen LogP contribution in [0.5, 0.6) is 5.75 Å². The Kier molecular flexibility index (Phi) is 5.33. The molecule has 0 fully saturated rings. The maximum absolute atomic E-state index is 11.9. The van der Waals surface area contributed by atoms with Crippen LogP contribution < -0.4 is 15.4 Å². The van der Waals surface area contributed by atoms with Gasteiger partial charge in [-0.25, -0.2) is 4.79 Å². The number of fused-ring (bicyclic) bond motifs is 1. The summed E-state index contributed by atoms with van der Waals surface area (Å²) in [6.45, 7) is 1.32. The lowest BCUT2D eigenvalue weighted by molar-refractivity contribution is 0.171. The number of ether oxygens (including phenoxy) is 1. The Morgan fingerprint density at radius 1 is 1.12 bits per heavy atom. The molecule has 0 bridgehead atoms. The van der Waals surface area contributed by atoms with Gasteiger partial charge in [0.05, 0.1) is 12.7 Å². The van der Waals surface area contributed by atoms with Crippen LogP contribution in [0.1, 0.15) is 17.2 Å². The predicted molar refractivity (Wildman–Crippen MR) is 91.9 cm³/mol. The standard InChI is InChI=1S/C19H22N2O3/c22-17(15-6-2-1-3-7-15)12-21-19(23)20-11-14-10-16-8-4-5-9-18(16)24-13-14/h1-9,14,17,22H,10-13H2,(H2,20,21,23)/t14-,17-/m1/s1. The van der Waals surface area contributed by atoms with E-state index in [1.807, 2.05) is 48.5 Å². The predicted octanol–water partition coefficient (Wildman–Crippen LogP) is 2.27. The first kappa shape index (κ1) is 16.3. The van der Waals surface area contributed by atoms with E-state index in [1.54, 1.807) is 0 Å². The average Bonchev–Trinajstić information content (AvgIpc) is 2.65. The molecule has 1 heterocycles. The van der Waals surface area contributed by atoms with Gasteiger partial charge in [0.25, 0.3) is 0 Å². The number of urea groups is 1. The molecule has 24 heavy (non-hydrogen) atoms. The molecular weight excluding hydrogens is 304 g/mol. The van der Waals surface area contributed by atoms with Crippen LogP contribution in [0.4, 0.5) is 4.79 Å². The van der Waals surface area contributed by atoms with Crippen LogP contribution in [0.15, 0.2) is 54.6 Å².